The van der Waals surface area contributed by atoms with Gasteiger partial charge < -0.3 is 19.6 Å². The van der Waals surface area contributed by atoms with Gasteiger partial charge in [-0.25, -0.2) is 0 Å². The van der Waals surface area contributed by atoms with Crippen molar-refractivity contribution in [1.29, 1.82) is 0 Å². The zero-order chi connectivity index (χ0) is 15.0. The second-order valence-corrected chi connectivity index (χ2v) is 5.09. The summed E-state index contributed by atoms with van der Waals surface area (Å²) in [5, 5.41) is 7.62. The van der Waals surface area contributed by atoms with Gasteiger partial charge in [-0.3, -0.25) is 4.74 Å². The molecule has 2 aliphatic rings. The lowest BCUT2D eigenvalue weighted by Gasteiger charge is -2.32. The van der Waals surface area contributed by atoms with Gasteiger partial charge in [0.1, 0.15) is 0 Å². The van der Waals surface area contributed by atoms with E-state index in [-0.39, 0.29) is 36.6 Å². The molecule has 10 heteroatoms. The molecule has 0 spiro atoms. The van der Waals surface area contributed by atoms with Gasteiger partial charge in [-0.05, 0) is 12.8 Å². The van der Waals surface area contributed by atoms with Gasteiger partial charge in [-0.1, -0.05) is 0 Å². The minimum absolute atomic E-state index is 0.150. The molecule has 1 aromatic heterocycles. The maximum Gasteiger partial charge on any atom is 0.522 e. The SMILES string of the molecule is NC1COC(c2nnc(C3CC(OC(F)(F)F)C3)o2)OC1. The van der Waals surface area contributed by atoms with Crippen molar-refractivity contribution in [2.75, 3.05) is 13.2 Å². The lowest BCUT2D eigenvalue weighted by Crippen LogP contribution is -2.38. The van der Waals surface area contributed by atoms with Gasteiger partial charge >= 0.3 is 6.36 Å². The molecule has 1 aliphatic carbocycles. The van der Waals surface area contributed by atoms with Crippen LogP contribution in [0.25, 0.3) is 0 Å². The highest BCUT2D eigenvalue weighted by atomic mass is 19.4. The Balaban J connectivity index is 1.52. The fourth-order valence-electron chi connectivity index (χ4n) is 2.22. The molecular formula is C11H14F3N3O4. The van der Waals surface area contributed by atoms with Crippen molar-refractivity contribution in [2.24, 2.45) is 5.73 Å². The van der Waals surface area contributed by atoms with Gasteiger partial charge in [-0.2, -0.15) is 0 Å². The lowest BCUT2D eigenvalue weighted by atomic mass is 9.82. The fraction of sp³-hybridized carbons (Fsp3) is 0.818. The molecule has 2 heterocycles. The van der Waals surface area contributed by atoms with Crippen LogP contribution in [-0.4, -0.2) is 41.9 Å². The van der Waals surface area contributed by atoms with Crippen LogP contribution in [-0.2, 0) is 14.2 Å². The van der Waals surface area contributed by atoms with Crippen LogP contribution in [0.1, 0.15) is 36.8 Å². The topological polar surface area (TPSA) is 92.6 Å². The predicted molar refractivity (Wildman–Crippen MR) is 59.8 cm³/mol. The highest BCUT2D eigenvalue weighted by Gasteiger charge is 2.42. The van der Waals surface area contributed by atoms with Crippen molar-refractivity contribution in [3.05, 3.63) is 11.8 Å². The minimum atomic E-state index is -4.61. The van der Waals surface area contributed by atoms with Crippen molar-refractivity contribution >= 4 is 0 Å². The highest BCUT2D eigenvalue weighted by Crippen LogP contribution is 2.41. The second kappa shape index (κ2) is 5.52. The summed E-state index contributed by atoms with van der Waals surface area (Å²) in [7, 11) is 0. The zero-order valence-electron chi connectivity index (χ0n) is 10.9. The first-order chi connectivity index (χ1) is 9.90. The smallest absolute Gasteiger partial charge is 0.420 e. The summed E-state index contributed by atoms with van der Waals surface area (Å²) in [5.74, 6) is 0.190. The summed E-state index contributed by atoms with van der Waals surface area (Å²) in [6, 6.07) is -0.199. The van der Waals surface area contributed by atoms with E-state index in [1.54, 1.807) is 0 Å². The Morgan fingerprint density at radius 1 is 1.10 bits per heavy atom. The van der Waals surface area contributed by atoms with Crippen LogP contribution >= 0.6 is 0 Å². The van der Waals surface area contributed by atoms with Crippen LogP contribution in [0.3, 0.4) is 0 Å². The van der Waals surface area contributed by atoms with Crippen LogP contribution in [0, 0.1) is 0 Å². The molecule has 0 unspecified atom stereocenters. The molecular weight excluding hydrogens is 295 g/mol. The van der Waals surface area contributed by atoms with Crippen LogP contribution in [0.5, 0.6) is 0 Å². The van der Waals surface area contributed by atoms with Crippen LogP contribution < -0.4 is 5.73 Å². The number of halogens is 3. The Morgan fingerprint density at radius 2 is 1.71 bits per heavy atom. The quantitative estimate of drug-likeness (QED) is 0.897. The standard InChI is InChI=1S/C11H14F3N3O4/c12-11(13,14)21-7-1-5(2-7)8-16-17-9(20-8)10-18-3-6(15)4-19-10/h5-7,10H,1-4,15H2. The molecule has 2 N–H and O–H groups in total. The molecule has 1 saturated carbocycles. The van der Waals surface area contributed by atoms with E-state index in [0.717, 1.165) is 0 Å². The summed E-state index contributed by atoms with van der Waals surface area (Å²) in [5.41, 5.74) is 5.60. The second-order valence-electron chi connectivity index (χ2n) is 5.09. The summed E-state index contributed by atoms with van der Waals surface area (Å²) in [4.78, 5) is 0. The zero-order valence-corrected chi connectivity index (χ0v) is 10.9. The maximum absolute atomic E-state index is 12.0. The van der Waals surface area contributed by atoms with Crippen LogP contribution in [0.2, 0.25) is 0 Å². The molecule has 0 aromatic carbocycles. The Kier molecular flexibility index (Phi) is 3.86. The predicted octanol–water partition coefficient (Wildman–Crippen LogP) is 1.22. The highest BCUT2D eigenvalue weighted by molar-refractivity contribution is 5.01. The number of nitrogens with zero attached hydrogens (tertiary/aromatic N) is 2. The molecule has 21 heavy (non-hydrogen) atoms. The van der Waals surface area contributed by atoms with Gasteiger partial charge in [0.2, 0.25) is 12.2 Å². The largest absolute Gasteiger partial charge is 0.522 e. The number of nitrogens with two attached hydrogens (primary N) is 1. The molecule has 0 amide bonds. The van der Waals surface area contributed by atoms with Gasteiger partial charge in [0, 0.05) is 5.92 Å². The van der Waals surface area contributed by atoms with E-state index in [4.69, 9.17) is 19.6 Å². The molecule has 7 nitrogen and oxygen atoms in total. The molecule has 1 aliphatic heterocycles. The van der Waals surface area contributed by atoms with E-state index < -0.39 is 18.8 Å². The van der Waals surface area contributed by atoms with Gasteiger partial charge in [-0.15, -0.1) is 23.4 Å². The molecule has 0 atom stereocenters. The summed E-state index contributed by atoms with van der Waals surface area (Å²) >= 11 is 0. The normalized spacial score (nSPS) is 33.7. The average Bonchev–Trinajstić information content (AvgIpc) is 2.82. The van der Waals surface area contributed by atoms with Crippen molar-refractivity contribution in [1.82, 2.24) is 10.2 Å². The van der Waals surface area contributed by atoms with Crippen LogP contribution in [0.15, 0.2) is 4.42 Å². The van der Waals surface area contributed by atoms with Crippen molar-refractivity contribution in [3.8, 4) is 0 Å². The number of hydrogen-bond donors (Lipinski definition) is 1. The van der Waals surface area contributed by atoms with E-state index in [1.165, 1.54) is 0 Å². The number of alkyl halides is 3. The van der Waals surface area contributed by atoms with E-state index in [0.29, 0.717) is 13.2 Å². The van der Waals surface area contributed by atoms with Gasteiger partial charge in [0.15, 0.2) is 0 Å². The van der Waals surface area contributed by atoms with E-state index in [9.17, 15) is 13.2 Å². The number of ether oxygens (including phenoxy) is 3. The van der Waals surface area contributed by atoms with Crippen molar-refractivity contribution in [3.63, 3.8) is 0 Å². The molecule has 118 valence electrons. The molecule has 2 fully saturated rings. The molecule has 3 rings (SSSR count). The summed E-state index contributed by atoms with van der Waals surface area (Å²) in [6.45, 7) is 0.626. The third kappa shape index (κ3) is 3.51. The summed E-state index contributed by atoms with van der Waals surface area (Å²) in [6.07, 6.45) is -5.85. The Morgan fingerprint density at radius 3 is 2.33 bits per heavy atom. The number of rotatable bonds is 3. The maximum atomic E-state index is 12.0. The van der Waals surface area contributed by atoms with Gasteiger partial charge in [0.05, 0.1) is 25.4 Å². The van der Waals surface area contributed by atoms with Crippen LogP contribution in [0.4, 0.5) is 13.2 Å². The van der Waals surface area contributed by atoms with Crippen molar-refractivity contribution in [2.45, 2.75) is 43.6 Å². The lowest BCUT2D eigenvalue weighted by molar-refractivity contribution is -0.352. The molecule has 1 aromatic rings. The average molecular weight is 309 g/mol. The van der Waals surface area contributed by atoms with Gasteiger partial charge in [0.25, 0.3) is 5.89 Å². The third-order valence-electron chi connectivity index (χ3n) is 3.33. The van der Waals surface area contributed by atoms with Crippen molar-refractivity contribution < 1.29 is 31.8 Å². The molecule has 1 saturated heterocycles. The number of aromatic nitrogens is 2. The first kappa shape index (κ1) is 14.7. The Labute approximate surface area is 117 Å². The van der Waals surface area contributed by atoms with E-state index >= 15 is 0 Å². The Hall–Kier alpha value is -1.23. The van der Waals surface area contributed by atoms with E-state index in [1.807, 2.05) is 0 Å². The number of hydrogen-bond acceptors (Lipinski definition) is 7. The molecule has 0 radical (unpaired) electrons. The minimum Gasteiger partial charge on any atom is -0.420 e. The monoisotopic (exact) mass is 309 g/mol. The first-order valence-electron chi connectivity index (χ1n) is 6.47. The molecule has 0 bridgehead atoms. The third-order valence-corrected chi connectivity index (χ3v) is 3.33. The Bertz CT molecular complexity index is 481. The first-order valence-corrected chi connectivity index (χ1v) is 6.47. The van der Waals surface area contributed by atoms with E-state index in [2.05, 4.69) is 14.9 Å². The summed E-state index contributed by atoms with van der Waals surface area (Å²) < 4.78 is 55.9. The fourth-order valence-corrected chi connectivity index (χ4v) is 2.22.